The average Bonchev–Trinajstić information content (AvgIpc) is 2.58. The van der Waals surface area contributed by atoms with Crippen LogP contribution in [0.4, 0.5) is 0 Å². The topological polar surface area (TPSA) is 37.3 Å². The predicted octanol–water partition coefficient (Wildman–Crippen LogP) is 5.13. The van der Waals surface area contributed by atoms with Crippen LogP contribution in [0.3, 0.4) is 0 Å². The van der Waals surface area contributed by atoms with Crippen molar-refractivity contribution in [2.75, 3.05) is 0 Å². The summed E-state index contributed by atoms with van der Waals surface area (Å²) in [5.74, 6) is -0.808. The molecule has 3 aromatic rings. The summed E-state index contributed by atoms with van der Waals surface area (Å²) >= 11 is 1.60. The van der Waals surface area contributed by atoms with Crippen molar-refractivity contribution in [2.45, 2.75) is 16.2 Å². The number of carbonyl (C=O) groups is 1. The zero-order valence-corrected chi connectivity index (χ0v) is 13.3. The lowest BCUT2D eigenvalue weighted by molar-refractivity contribution is -0.136. The van der Waals surface area contributed by atoms with Crippen molar-refractivity contribution in [2.24, 2.45) is 0 Å². The largest absolute Gasteiger partial charge is 0.481 e. The first-order chi connectivity index (χ1) is 11.2. The molecule has 0 spiro atoms. The lowest BCUT2D eigenvalue weighted by Gasteiger charge is -2.08. The Morgan fingerprint density at radius 2 is 1.39 bits per heavy atom. The molecule has 0 radical (unpaired) electrons. The van der Waals surface area contributed by atoms with Crippen molar-refractivity contribution < 1.29 is 9.90 Å². The molecule has 0 aliphatic carbocycles. The van der Waals surface area contributed by atoms with Crippen LogP contribution in [0.5, 0.6) is 0 Å². The van der Waals surface area contributed by atoms with E-state index in [2.05, 4.69) is 36.4 Å². The minimum atomic E-state index is -0.808. The summed E-state index contributed by atoms with van der Waals surface area (Å²) < 4.78 is 0. The van der Waals surface area contributed by atoms with Gasteiger partial charge in [0.25, 0.3) is 0 Å². The molecule has 0 saturated carbocycles. The highest BCUT2D eigenvalue weighted by Gasteiger charge is 2.08. The summed E-state index contributed by atoms with van der Waals surface area (Å²) in [6, 6.07) is 26.2. The van der Waals surface area contributed by atoms with Gasteiger partial charge in [0.05, 0.1) is 6.42 Å². The van der Waals surface area contributed by atoms with Gasteiger partial charge in [0.2, 0.25) is 0 Å². The molecule has 3 aromatic carbocycles. The van der Waals surface area contributed by atoms with E-state index in [1.54, 1.807) is 11.8 Å². The Hall–Kier alpha value is -2.52. The first-order valence-electron chi connectivity index (χ1n) is 7.35. The molecular weight excluding hydrogens is 304 g/mol. The highest BCUT2D eigenvalue weighted by atomic mass is 32.2. The predicted molar refractivity (Wildman–Crippen MR) is 93.8 cm³/mol. The second kappa shape index (κ2) is 7.16. The quantitative estimate of drug-likeness (QED) is 0.708. The van der Waals surface area contributed by atoms with E-state index in [9.17, 15) is 4.79 Å². The number of carboxylic acids is 1. The molecule has 114 valence electrons. The Labute approximate surface area is 139 Å². The molecular formula is C20H16O2S. The van der Waals surface area contributed by atoms with Crippen LogP contribution in [-0.4, -0.2) is 11.1 Å². The number of rotatable bonds is 5. The van der Waals surface area contributed by atoms with Crippen molar-refractivity contribution in [3.8, 4) is 11.1 Å². The number of hydrogen-bond donors (Lipinski definition) is 1. The van der Waals surface area contributed by atoms with E-state index in [0.29, 0.717) is 0 Å². The van der Waals surface area contributed by atoms with E-state index in [0.717, 1.165) is 15.4 Å². The summed E-state index contributed by atoms with van der Waals surface area (Å²) in [5.41, 5.74) is 3.21. The van der Waals surface area contributed by atoms with Crippen molar-refractivity contribution in [3.63, 3.8) is 0 Å². The van der Waals surface area contributed by atoms with Crippen molar-refractivity contribution >= 4 is 17.7 Å². The highest BCUT2D eigenvalue weighted by Crippen LogP contribution is 2.32. The first kappa shape index (κ1) is 15.4. The average molecular weight is 320 g/mol. The van der Waals surface area contributed by atoms with Crippen LogP contribution in [0.25, 0.3) is 11.1 Å². The minimum Gasteiger partial charge on any atom is -0.481 e. The van der Waals surface area contributed by atoms with E-state index in [-0.39, 0.29) is 6.42 Å². The Morgan fingerprint density at radius 3 is 2.09 bits per heavy atom. The van der Waals surface area contributed by atoms with Gasteiger partial charge in [-0.05, 0) is 34.9 Å². The van der Waals surface area contributed by atoms with Gasteiger partial charge in [0.15, 0.2) is 0 Å². The van der Waals surface area contributed by atoms with Gasteiger partial charge in [-0.25, -0.2) is 0 Å². The Bertz CT molecular complexity index is 795. The van der Waals surface area contributed by atoms with Crippen LogP contribution >= 0.6 is 11.8 Å². The van der Waals surface area contributed by atoms with Gasteiger partial charge in [-0.2, -0.15) is 0 Å². The first-order valence-corrected chi connectivity index (χ1v) is 8.17. The SMILES string of the molecule is O=C(O)Cc1ccccc1Sc1ccc(-c2ccccc2)cc1. The molecule has 3 heteroatoms. The molecule has 2 nitrogen and oxygen atoms in total. The molecule has 0 heterocycles. The van der Waals surface area contributed by atoms with Crippen LogP contribution in [-0.2, 0) is 11.2 Å². The van der Waals surface area contributed by atoms with Gasteiger partial charge in [-0.3, -0.25) is 4.79 Å². The van der Waals surface area contributed by atoms with Gasteiger partial charge in [-0.15, -0.1) is 0 Å². The molecule has 0 aliphatic heterocycles. The molecule has 0 amide bonds. The van der Waals surface area contributed by atoms with E-state index in [1.807, 2.05) is 42.5 Å². The lowest BCUT2D eigenvalue weighted by atomic mass is 10.1. The van der Waals surface area contributed by atoms with E-state index >= 15 is 0 Å². The van der Waals surface area contributed by atoms with E-state index < -0.39 is 5.97 Å². The van der Waals surface area contributed by atoms with Crippen LogP contribution in [0.15, 0.2) is 88.7 Å². The molecule has 0 atom stereocenters. The van der Waals surface area contributed by atoms with E-state index in [4.69, 9.17) is 5.11 Å². The van der Waals surface area contributed by atoms with Crippen LogP contribution in [0.1, 0.15) is 5.56 Å². The third-order valence-electron chi connectivity index (χ3n) is 3.50. The maximum atomic E-state index is 11.0. The highest BCUT2D eigenvalue weighted by molar-refractivity contribution is 7.99. The van der Waals surface area contributed by atoms with Crippen molar-refractivity contribution in [1.29, 1.82) is 0 Å². The Kier molecular flexibility index (Phi) is 4.79. The second-order valence-corrected chi connectivity index (χ2v) is 6.29. The zero-order valence-electron chi connectivity index (χ0n) is 12.5. The monoisotopic (exact) mass is 320 g/mol. The van der Waals surface area contributed by atoms with Crippen LogP contribution < -0.4 is 0 Å². The summed E-state index contributed by atoms with van der Waals surface area (Å²) in [6.07, 6.45) is 0.0469. The van der Waals surface area contributed by atoms with Crippen LogP contribution in [0, 0.1) is 0 Å². The molecule has 0 bridgehead atoms. The van der Waals surface area contributed by atoms with Crippen molar-refractivity contribution in [1.82, 2.24) is 0 Å². The molecule has 0 aromatic heterocycles. The van der Waals surface area contributed by atoms with Crippen molar-refractivity contribution in [3.05, 3.63) is 84.4 Å². The standard InChI is InChI=1S/C20H16O2S/c21-20(22)14-17-8-4-5-9-19(17)23-18-12-10-16(11-13-18)15-6-2-1-3-7-15/h1-13H,14H2,(H,21,22). The number of carboxylic acid groups (broad SMARTS) is 1. The van der Waals surface area contributed by atoms with Gasteiger partial charge >= 0.3 is 5.97 Å². The smallest absolute Gasteiger partial charge is 0.307 e. The third-order valence-corrected chi connectivity index (χ3v) is 4.63. The maximum absolute atomic E-state index is 11.0. The fourth-order valence-corrected chi connectivity index (χ4v) is 3.33. The molecule has 3 rings (SSSR count). The number of benzene rings is 3. The summed E-state index contributed by atoms with van der Waals surface area (Å²) in [7, 11) is 0. The molecule has 1 N–H and O–H groups in total. The third kappa shape index (κ3) is 4.02. The Balaban J connectivity index is 1.80. The van der Waals surface area contributed by atoms with Gasteiger partial charge in [-0.1, -0.05) is 72.4 Å². The second-order valence-electron chi connectivity index (χ2n) is 5.17. The number of hydrogen-bond acceptors (Lipinski definition) is 2. The van der Waals surface area contributed by atoms with Gasteiger partial charge < -0.3 is 5.11 Å². The normalized spacial score (nSPS) is 10.4. The molecule has 0 aliphatic rings. The summed E-state index contributed by atoms with van der Waals surface area (Å²) in [4.78, 5) is 13.1. The summed E-state index contributed by atoms with van der Waals surface area (Å²) in [5, 5.41) is 9.01. The molecule has 0 unspecified atom stereocenters. The lowest BCUT2D eigenvalue weighted by Crippen LogP contribution is -2.01. The zero-order chi connectivity index (χ0) is 16.1. The Morgan fingerprint density at radius 1 is 0.783 bits per heavy atom. The number of aliphatic carboxylic acids is 1. The van der Waals surface area contributed by atoms with Crippen LogP contribution in [0.2, 0.25) is 0 Å². The maximum Gasteiger partial charge on any atom is 0.307 e. The van der Waals surface area contributed by atoms with Gasteiger partial charge in [0, 0.05) is 9.79 Å². The fourth-order valence-electron chi connectivity index (χ4n) is 2.39. The minimum absolute atomic E-state index is 0.0469. The fraction of sp³-hybridized carbons (Fsp3) is 0.0500. The summed E-state index contributed by atoms with van der Waals surface area (Å²) in [6.45, 7) is 0. The van der Waals surface area contributed by atoms with E-state index in [1.165, 1.54) is 11.1 Å². The molecule has 0 fully saturated rings. The molecule has 0 saturated heterocycles. The van der Waals surface area contributed by atoms with Gasteiger partial charge in [0.1, 0.15) is 0 Å². The molecule has 23 heavy (non-hydrogen) atoms.